The summed E-state index contributed by atoms with van der Waals surface area (Å²) in [4.78, 5) is 21.9. The van der Waals surface area contributed by atoms with E-state index in [1.54, 1.807) is 13.1 Å². The van der Waals surface area contributed by atoms with Gasteiger partial charge in [0.25, 0.3) is 0 Å². The Hall–Kier alpha value is -1.85. The number of carbonyl (C=O) groups excluding carboxylic acids is 1. The molecule has 0 bridgehead atoms. The van der Waals surface area contributed by atoms with Gasteiger partial charge in [-0.1, -0.05) is 0 Å². The molecule has 6 heteroatoms. The molecule has 0 aliphatic carbocycles. The molecule has 1 amide bonds. The lowest BCUT2D eigenvalue weighted by molar-refractivity contribution is -0.122. The molecule has 2 rings (SSSR count). The van der Waals surface area contributed by atoms with Gasteiger partial charge in [-0.15, -0.1) is 0 Å². The molecule has 1 aliphatic rings. The summed E-state index contributed by atoms with van der Waals surface area (Å²) < 4.78 is 0. The van der Waals surface area contributed by atoms with Crippen molar-refractivity contribution in [3.8, 4) is 0 Å². The van der Waals surface area contributed by atoms with E-state index in [0.717, 1.165) is 31.6 Å². The normalized spacial score (nSPS) is 20.1. The molecular weight excluding hydrogens is 218 g/mol. The molecule has 1 unspecified atom stereocenters. The maximum atomic E-state index is 11.8. The van der Waals surface area contributed by atoms with E-state index in [2.05, 4.69) is 15.3 Å². The van der Waals surface area contributed by atoms with Crippen LogP contribution in [0.4, 0.5) is 11.6 Å². The summed E-state index contributed by atoms with van der Waals surface area (Å²) in [5.74, 6) is 1.18. The van der Waals surface area contributed by atoms with Crippen LogP contribution in [0.3, 0.4) is 0 Å². The quantitative estimate of drug-likeness (QED) is 0.763. The SMILES string of the molecule is CNC(=O)C1CCCCN1c1cc(N)ncn1. The van der Waals surface area contributed by atoms with Crippen LogP contribution in [0.5, 0.6) is 0 Å². The van der Waals surface area contributed by atoms with Crippen LogP contribution in [-0.4, -0.2) is 35.5 Å². The first-order chi connectivity index (χ1) is 8.22. The van der Waals surface area contributed by atoms with Gasteiger partial charge >= 0.3 is 0 Å². The maximum absolute atomic E-state index is 11.8. The lowest BCUT2D eigenvalue weighted by Gasteiger charge is -2.35. The van der Waals surface area contributed by atoms with Gasteiger partial charge in [0.05, 0.1) is 0 Å². The number of aromatic nitrogens is 2. The van der Waals surface area contributed by atoms with E-state index >= 15 is 0 Å². The third-order valence-corrected chi connectivity index (χ3v) is 3.02. The standard InChI is InChI=1S/C11H17N5O/c1-13-11(17)8-4-2-3-5-16(8)10-6-9(12)14-7-15-10/h6-8H,2-5H2,1H3,(H,13,17)(H2,12,14,15). The van der Waals surface area contributed by atoms with Gasteiger partial charge in [0.15, 0.2) is 0 Å². The molecule has 0 saturated carbocycles. The summed E-state index contributed by atoms with van der Waals surface area (Å²) in [6.45, 7) is 0.828. The molecule has 1 atom stereocenters. The summed E-state index contributed by atoms with van der Waals surface area (Å²) in [5.41, 5.74) is 5.64. The second-order valence-corrected chi connectivity index (χ2v) is 4.12. The Morgan fingerprint density at radius 1 is 1.53 bits per heavy atom. The molecular formula is C11H17N5O. The van der Waals surface area contributed by atoms with E-state index in [4.69, 9.17) is 5.73 Å². The van der Waals surface area contributed by atoms with Gasteiger partial charge in [-0.05, 0) is 19.3 Å². The fraction of sp³-hybridized carbons (Fsp3) is 0.545. The fourth-order valence-electron chi connectivity index (χ4n) is 2.16. The van der Waals surface area contributed by atoms with Crippen molar-refractivity contribution in [1.82, 2.24) is 15.3 Å². The molecule has 1 aromatic rings. The minimum absolute atomic E-state index is 0.0295. The van der Waals surface area contributed by atoms with Gasteiger partial charge in [0.1, 0.15) is 24.0 Å². The van der Waals surface area contributed by atoms with Crippen LogP contribution in [-0.2, 0) is 4.79 Å². The van der Waals surface area contributed by atoms with Crippen LogP contribution < -0.4 is 16.0 Å². The van der Waals surface area contributed by atoms with Crippen molar-refractivity contribution in [3.05, 3.63) is 12.4 Å². The predicted octanol–water partition coefficient (Wildman–Crippen LogP) is 0.164. The number of rotatable bonds is 2. The number of anilines is 2. The van der Waals surface area contributed by atoms with Gasteiger partial charge in [0, 0.05) is 19.7 Å². The molecule has 92 valence electrons. The Kier molecular flexibility index (Phi) is 3.41. The summed E-state index contributed by atoms with van der Waals surface area (Å²) >= 11 is 0. The van der Waals surface area contributed by atoms with Crippen molar-refractivity contribution < 1.29 is 4.79 Å². The van der Waals surface area contributed by atoms with Crippen molar-refractivity contribution in [1.29, 1.82) is 0 Å². The highest BCUT2D eigenvalue weighted by atomic mass is 16.2. The topological polar surface area (TPSA) is 84.1 Å². The number of nitrogen functional groups attached to an aromatic ring is 1. The third kappa shape index (κ3) is 2.46. The molecule has 0 radical (unpaired) electrons. The zero-order valence-corrected chi connectivity index (χ0v) is 9.89. The van der Waals surface area contributed by atoms with Crippen LogP contribution in [0.25, 0.3) is 0 Å². The Morgan fingerprint density at radius 2 is 2.35 bits per heavy atom. The Morgan fingerprint density at radius 3 is 3.06 bits per heavy atom. The number of nitrogens with one attached hydrogen (secondary N) is 1. The first-order valence-electron chi connectivity index (χ1n) is 5.78. The average Bonchev–Trinajstić information content (AvgIpc) is 2.38. The molecule has 2 heterocycles. The zero-order valence-electron chi connectivity index (χ0n) is 9.89. The van der Waals surface area contributed by atoms with Crippen molar-refractivity contribution in [2.45, 2.75) is 25.3 Å². The Bertz CT molecular complexity index is 409. The highest BCUT2D eigenvalue weighted by molar-refractivity contribution is 5.85. The minimum atomic E-state index is -0.150. The highest BCUT2D eigenvalue weighted by Gasteiger charge is 2.28. The molecule has 1 saturated heterocycles. The Balaban J connectivity index is 2.24. The first-order valence-corrected chi connectivity index (χ1v) is 5.78. The molecule has 3 N–H and O–H groups in total. The van der Waals surface area contributed by atoms with Crippen LogP contribution in [0.15, 0.2) is 12.4 Å². The van der Waals surface area contributed by atoms with E-state index in [1.165, 1.54) is 6.33 Å². The highest BCUT2D eigenvalue weighted by Crippen LogP contribution is 2.23. The molecule has 0 spiro atoms. The summed E-state index contributed by atoms with van der Waals surface area (Å²) in [5, 5.41) is 2.69. The monoisotopic (exact) mass is 235 g/mol. The first kappa shape index (κ1) is 11.6. The largest absolute Gasteiger partial charge is 0.384 e. The number of likely N-dealkylation sites (N-methyl/N-ethyl adjacent to an activating group) is 1. The second kappa shape index (κ2) is 4.99. The molecule has 1 aliphatic heterocycles. The van der Waals surface area contributed by atoms with Crippen LogP contribution in [0, 0.1) is 0 Å². The van der Waals surface area contributed by atoms with Crippen LogP contribution >= 0.6 is 0 Å². The van der Waals surface area contributed by atoms with Gasteiger partial charge in [-0.2, -0.15) is 0 Å². The number of hydrogen-bond acceptors (Lipinski definition) is 5. The van der Waals surface area contributed by atoms with Crippen molar-refractivity contribution >= 4 is 17.5 Å². The number of nitrogens with zero attached hydrogens (tertiary/aromatic N) is 3. The van der Waals surface area contributed by atoms with E-state index in [-0.39, 0.29) is 11.9 Å². The molecule has 1 aromatic heterocycles. The van der Waals surface area contributed by atoms with Gasteiger partial charge in [-0.25, -0.2) is 9.97 Å². The van der Waals surface area contributed by atoms with Gasteiger partial charge < -0.3 is 16.0 Å². The molecule has 17 heavy (non-hydrogen) atoms. The van der Waals surface area contributed by atoms with Crippen LogP contribution in [0.1, 0.15) is 19.3 Å². The number of piperidine rings is 1. The zero-order chi connectivity index (χ0) is 12.3. The van der Waals surface area contributed by atoms with Crippen molar-refractivity contribution in [2.75, 3.05) is 24.2 Å². The maximum Gasteiger partial charge on any atom is 0.242 e. The fourth-order valence-corrected chi connectivity index (χ4v) is 2.16. The van der Waals surface area contributed by atoms with Crippen molar-refractivity contribution in [2.24, 2.45) is 0 Å². The van der Waals surface area contributed by atoms with Crippen molar-refractivity contribution in [3.63, 3.8) is 0 Å². The number of carbonyl (C=O) groups is 1. The average molecular weight is 235 g/mol. The number of nitrogens with two attached hydrogens (primary N) is 1. The third-order valence-electron chi connectivity index (χ3n) is 3.02. The lowest BCUT2D eigenvalue weighted by atomic mass is 10.0. The smallest absolute Gasteiger partial charge is 0.242 e. The van der Waals surface area contributed by atoms with Crippen LogP contribution in [0.2, 0.25) is 0 Å². The van der Waals surface area contributed by atoms with E-state index in [9.17, 15) is 4.79 Å². The number of amides is 1. The second-order valence-electron chi connectivity index (χ2n) is 4.12. The van der Waals surface area contributed by atoms with E-state index < -0.39 is 0 Å². The van der Waals surface area contributed by atoms with E-state index in [1.807, 2.05) is 4.90 Å². The molecule has 0 aromatic carbocycles. The minimum Gasteiger partial charge on any atom is -0.384 e. The summed E-state index contributed by atoms with van der Waals surface area (Å²) in [6.07, 6.45) is 4.41. The molecule has 6 nitrogen and oxygen atoms in total. The van der Waals surface area contributed by atoms with Gasteiger partial charge in [0.2, 0.25) is 5.91 Å². The predicted molar refractivity (Wildman–Crippen MR) is 65.5 cm³/mol. The molecule has 1 fully saturated rings. The summed E-state index contributed by atoms with van der Waals surface area (Å²) in [7, 11) is 1.66. The lowest BCUT2D eigenvalue weighted by Crippen LogP contribution is -2.49. The number of hydrogen-bond donors (Lipinski definition) is 2. The van der Waals surface area contributed by atoms with Gasteiger partial charge in [-0.3, -0.25) is 4.79 Å². The Labute approximate surface area is 100 Å². The summed E-state index contributed by atoms with van der Waals surface area (Å²) in [6, 6.07) is 1.56. The van der Waals surface area contributed by atoms with E-state index in [0.29, 0.717) is 5.82 Å².